The van der Waals surface area contributed by atoms with Crippen LogP contribution in [0.2, 0.25) is 0 Å². The van der Waals surface area contributed by atoms with Gasteiger partial charge in [0.05, 0.1) is 21.6 Å². The summed E-state index contributed by atoms with van der Waals surface area (Å²) < 4.78 is 25.4. The number of para-hydroxylation sites is 1. The lowest BCUT2D eigenvalue weighted by molar-refractivity contribution is -0.120. The first-order chi connectivity index (χ1) is 14.0. The largest absolute Gasteiger partial charge is 0.356 e. The molecular weight excluding hydrogens is 390 g/mol. The first kappa shape index (κ1) is 18.1. The van der Waals surface area contributed by atoms with Crippen molar-refractivity contribution >= 4 is 33.0 Å². The molecule has 0 spiro atoms. The molecule has 3 heterocycles. The molecule has 2 aliphatic heterocycles. The number of aromatic nitrogens is 1. The van der Waals surface area contributed by atoms with E-state index in [-0.39, 0.29) is 10.6 Å². The standard InChI is InChI=1S/C21H19N3O4S/c25-19-14-4-3-10-22-20(14)24(11-9-13-7-8-13)21(26)18(19)16-12-29(27,28)17-6-2-1-5-15(17)23-16/h1-6,10,12-13,18,23H,7-9,11H2. The Morgan fingerprint density at radius 1 is 1.10 bits per heavy atom. The molecule has 1 aromatic heterocycles. The highest BCUT2D eigenvalue weighted by Crippen LogP contribution is 2.38. The predicted molar refractivity (Wildman–Crippen MR) is 107 cm³/mol. The lowest BCUT2D eigenvalue weighted by Crippen LogP contribution is -2.47. The van der Waals surface area contributed by atoms with Crippen molar-refractivity contribution in [3.8, 4) is 0 Å². The highest BCUT2D eigenvalue weighted by Gasteiger charge is 2.44. The molecule has 1 aromatic carbocycles. The smallest absolute Gasteiger partial charge is 0.245 e. The van der Waals surface area contributed by atoms with Gasteiger partial charge in [-0.05, 0) is 36.6 Å². The van der Waals surface area contributed by atoms with Crippen LogP contribution in [0.5, 0.6) is 0 Å². The molecule has 1 atom stereocenters. The molecule has 1 fully saturated rings. The fourth-order valence-electron chi connectivity index (χ4n) is 3.91. The van der Waals surface area contributed by atoms with Crippen molar-refractivity contribution in [3.63, 3.8) is 0 Å². The Hall–Kier alpha value is -3.00. The Morgan fingerprint density at radius 2 is 1.90 bits per heavy atom. The van der Waals surface area contributed by atoms with Crippen LogP contribution >= 0.6 is 0 Å². The number of hydrogen-bond acceptors (Lipinski definition) is 6. The lowest BCUT2D eigenvalue weighted by atomic mass is 9.89. The first-order valence-corrected chi connectivity index (χ1v) is 11.1. The fourth-order valence-corrected chi connectivity index (χ4v) is 5.26. The van der Waals surface area contributed by atoms with Crippen molar-refractivity contribution in [1.29, 1.82) is 0 Å². The number of fused-ring (bicyclic) bond motifs is 2. The molecular formula is C21H19N3O4S. The minimum Gasteiger partial charge on any atom is -0.356 e. The van der Waals surface area contributed by atoms with Gasteiger partial charge in [-0.15, -0.1) is 0 Å². The van der Waals surface area contributed by atoms with E-state index in [1.807, 2.05) is 0 Å². The minimum atomic E-state index is -3.76. The summed E-state index contributed by atoms with van der Waals surface area (Å²) in [5.41, 5.74) is 0.795. The number of nitrogens with one attached hydrogen (secondary N) is 1. The average molecular weight is 409 g/mol. The Bertz CT molecular complexity index is 1170. The van der Waals surface area contributed by atoms with Crippen molar-refractivity contribution < 1.29 is 18.0 Å². The molecule has 148 valence electrons. The zero-order chi connectivity index (χ0) is 20.2. The SMILES string of the molecule is O=C1c2cccnc2N(CCC2CC2)C(=O)C1C1=CS(=O)(=O)c2ccccc2N1. The number of anilines is 2. The zero-order valence-corrected chi connectivity index (χ0v) is 16.4. The normalized spacial score (nSPS) is 22.4. The highest BCUT2D eigenvalue weighted by atomic mass is 32.2. The summed E-state index contributed by atoms with van der Waals surface area (Å²) in [6.45, 7) is 0.466. The van der Waals surface area contributed by atoms with Crippen molar-refractivity contribution in [2.75, 3.05) is 16.8 Å². The molecule has 1 unspecified atom stereocenters. The van der Waals surface area contributed by atoms with E-state index in [9.17, 15) is 18.0 Å². The average Bonchev–Trinajstić information content (AvgIpc) is 3.52. The second kappa shape index (κ2) is 6.52. The third kappa shape index (κ3) is 3.04. The predicted octanol–water partition coefficient (Wildman–Crippen LogP) is 2.77. The van der Waals surface area contributed by atoms with E-state index < -0.39 is 27.4 Å². The van der Waals surface area contributed by atoms with Gasteiger partial charge in [-0.2, -0.15) is 0 Å². The van der Waals surface area contributed by atoms with Gasteiger partial charge in [-0.25, -0.2) is 13.4 Å². The molecule has 0 saturated heterocycles. The summed E-state index contributed by atoms with van der Waals surface area (Å²) in [4.78, 5) is 32.5. The van der Waals surface area contributed by atoms with Crippen LogP contribution in [-0.4, -0.2) is 31.6 Å². The summed E-state index contributed by atoms with van der Waals surface area (Å²) in [5.74, 6) is -1.14. The number of amides is 1. The van der Waals surface area contributed by atoms with Crippen LogP contribution in [0.1, 0.15) is 29.6 Å². The van der Waals surface area contributed by atoms with Crippen molar-refractivity contribution in [2.24, 2.45) is 11.8 Å². The third-order valence-electron chi connectivity index (χ3n) is 5.61. The third-order valence-corrected chi connectivity index (χ3v) is 7.14. The van der Waals surface area contributed by atoms with Gasteiger partial charge in [0.25, 0.3) is 0 Å². The summed E-state index contributed by atoms with van der Waals surface area (Å²) in [6.07, 6.45) is 4.71. The summed E-state index contributed by atoms with van der Waals surface area (Å²) in [7, 11) is -3.76. The number of Topliss-reactive ketones (excluding diaryl/α,β-unsaturated/α-hetero) is 1. The maximum absolute atomic E-state index is 13.3. The van der Waals surface area contributed by atoms with E-state index >= 15 is 0 Å². The molecule has 1 saturated carbocycles. The maximum atomic E-state index is 13.3. The number of hydrogen-bond donors (Lipinski definition) is 1. The number of nitrogens with zero attached hydrogens (tertiary/aromatic N) is 2. The van der Waals surface area contributed by atoms with Gasteiger partial charge >= 0.3 is 0 Å². The van der Waals surface area contributed by atoms with E-state index in [4.69, 9.17) is 0 Å². The highest BCUT2D eigenvalue weighted by molar-refractivity contribution is 7.94. The number of carbonyl (C=O) groups is 2. The van der Waals surface area contributed by atoms with E-state index in [1.54, 1.807) is 36.5 Å². The Kier molecular flexibility index (Phi) is 4.06. The molecule has 2 aromatic rings. The first-order valence-electron chi connectivity index (χ1n) is 9.59. The number of sulfone groups is 1. The Labute approximate surface area is 168 Å². The van der Waals surface area contributed by atoms with Crippen LogP contribution in [0.15, 0.2) is 58.6 Å². The van der Waals surface area contributed by atoms with Gasteiger partial charge in [0.15, 0.2) is 5.78 Å². The molecule has 3 aliphatic rings. The minimum absolute atomic E-state index is 0.0876. The van der Waals surface area contributed by atoms with Crippen LogP contribution in [0.25, 0.3) is 0 Å². The van der Waals surface area contributed by atoms with E-state index in [1.165, 1.54) is 11.0 Å². The van der Waals surface area contributed by atoms with Gasteiger partial charge in [0.1, 0.15) is 11.7 Å². The van der Waals surface area contributed by atoms with Gasteiger partial charge in [-0.1, -0.05) is 25.0 Å². The second-order valence-electron chi connectivity index (χ2n) is 7.63. The van der Waals surface area contributed by atoms with Gasteiger partial charge in [0, 0.05) is 18.4 Å². The molecule has 5 rings (SSSR count). The summed E-state index contributed by atoms with van der Waals surface area (Å²) >= 11 is 0. The molecule has 8 heteroatoms. The molecule has 1 amide bonds. The van der Waals surface area contributed by atoms with Crippen LogP contribution in [0.3, 0.4) is 0 Å². The van der Waals surface area contributed by atoms with Crippen LogP contribution in [0, 0.1) is 11.8 Å². The fraction of sp³-hybridized carbons (Fsp3) is 0.286. The Balaban J connectivity index is 1.57. The van der Waals surface area contributed by atoms with Crippen molar-refractivity contribution in [1.82, 2.24) is 4.98 Å². The molecule has 1 N–H and O–H groups in total. The molecule has 0 radical (unpaired) electrons. The van der Waals surface area contributed by atoms with E-state index in [0.717, 1.165) is 24.7 Å². The lowest BCUT2D eigenvalue weighted by Gasteiger charge is -2.34. The molecule has 29 heavy (non-hydrogen) atoms. The molecule has 7 nitrogen and oxygen atoms in total. The van der Waals surface area contributed by atoms with E-state index in [2.05, 4.69) is 10.3 Å². The topological polar surface area (TPSA) is 96.4 Å². The second-order valence-corrected chi connectivity index (χ2v) is 9.40. The zero-order valence-electron chi connectivity index (χ0n) is 15.5. The van der Waals surface area contributed by atoms with Crippen molar-refractivity contribution in [2.45, 2.75) is 24.2 Å². The van der Waals surface area contributed by atoms with Crippen LogP contribution in [0.4, 0.5) is 11.5 Å². The van der Waals surface area contributed by atoms with Crippen LogP contribution in [-0.2, 0) is 14.6 Å². The molecule has 0 bridgehead atoms. The number of benzene rings is 1. The number of rotatable bonds is 4. The number of pyridine rings is 1. The monoisotopic (exact) mass is 409 g/mol. The summed E-state index contributed by atoms with van der Waals surface area (Å²) in [6, 6.07) is 9.75. The van der Waals surface area contributed by atoms with Crippen molar-refractivity contribution in [3.05, 3.63) is 59.3 Å². The number of ketones is 1. The van der Waals surface area contributed by atoms with Crippen LogP contribution < -0.4 is 10.2 Å². The Morgan fingerprint density at radius 3 is 2.69 bits per heavy atom. The van der Waals surface area contributed by atoms with Gasteiger partial charge in [-0.3, -0.25) is 14.5 Å². The molecule has 1 aliphatic carbocycles. The maximum Gasteiger partial charge on any atom is 0.245 e. The van der Waals surface area contributed by atoms with Gasteiger partial charge < -0.3 is 5.32 Å². The summed E-state index contributed by atoms with van der Waals surface area (Å²) in [5, 5.41) is 4.02. The quantitative estimate of drug-likeness (QED) is 0.780. The van der Waals surface area contributed by atoms with E-state index in [0.29, 0.717) is 29.5 Å². The number of carbonyl (C=O) groups excluding carboxylic acids is 2. The van der Waals surface area contributed by atoms with Gasteiger partial charge in [0.2, 0.25) is 15.7 Å².